The molecule has 1 aromatic heterocycles. The summed E-state index contributed by atoms with van der Waals surface area (Å²) in [4.78, 5) is 0. The molecule has 0 aliphatic carbocycles. The van der Waals surface area contributed by atoms with Crippen molar-refractivity contribution in [2.45, 2.75) is 32.4 Å². The first-order valence-corrected chi connectivity index (χ1v) is 8.89. The van der Waals surface area contributed by atoms with Crippen molar-refractivity contribution in [3.63, 3.8) is 0 Å². The Morgan fingerprint density at radius 2 is 2.30 bits per heavy atom. The topological polar surface area (TPSA) is 68.5 Å². The maximum atomic E-state index is 11.7. The van der Waals surface area contributed by atoms with Crippen LogP contribution in [0.2, 0.25) is 0 Å². The van der Waals surface area contributed by atoms with Crippen molar-refractivity contribution in [1.29, 1.82) is 0 Å². The van der Waals surface area contributed by atoms with Gasteiger partial charge in [-0.05, 0) is 37.4 Å². The van der Waals surface area contributed by atoms with Crippen molar-refractivity contribution in [3.05, 3.63) is 23.7 Å². The summed E-state index contributed by atoms with van der Waals surface area (Å²) in [6.45, 7) is 3.37. The van der Waals surface area contributed by atoms with E-state index in [9.17, 15) is 8.42 Å². The summed E-state index contributed by atoms with van der Waals surface area (Å²) >= 11 is 0. The Hall–Kier alpha value is -0.850. The largest absolute Gasteiger partial charge is 0.462 e. The monoisotopic (exact) mass is 301 g/mol. The number of ether oxygens (including phenoxy) is 1. The molecular formula is C14H23NO4S. The van der Waals surface area contributed by atoms with Gasteiger partial charge < -0.3 is 14.5 Å². The van der Waals surface area contributed by atoms with Gasteiger partial charge >= 0.3 is 0 Å². The average Bonchev–Trinajstić information content (AvgIpc) is 2.98. The van der Waals surface area contributed by atoms with Crippen molar-refractivity contribution >= 4 is 9.84 Å². The minimum atomic E-state index is -2.88. The van der Waals surface area contributed by atoms with E-state index in [-0.39, 0.29) is 23.5 Å². The molecule has 1 N–H and O–H groups in total. The first kappa shape index (κ1) is 15.5. The van der Waals surface area contributed by atoms with Gasteiger partial charge in [0.1, 0.15) is 18.1 Å². The second-order valence-electron chi connectivity index (χ2n) is 5.33. The van der Waals surface area contributed by atoms with Crippen LogP contribution in [0, 0.1) is 5.92 Å². The predicted octanol–water partition coefficient (Wildman–Crippen LogP) is 1.90. The minimum Gasteiger partial charge on any atom is -0.462 e. The molecule has 1 aliphatic heterocycles. The molecule has 2 unspecified atom stereocenters. The lowest BCUT2D eigenvalue weighted by molar-refractivity contribution is 0.160. The summed E-state index contributed by atoms with van der Waals surface area (Å²) in [5, 5.41) is 3.42. The van der Waals surface area contributed by atoms with E-state index in [1.54, 1.807) is 7.11 Å². The molecule has 2 rings (SSSR count). The highest BCUT2D eigenvalue weighted by molar-refractivity contribution is 7.91. The molecule has 0 saturated carbocycles. The van der Waals surface area contributed by atoms with Crippen LogP contribution in [0.4, 0.5) is 0 Å². The number of methoxy groups -OCH3 is 1. The van der Waals surface area contributed by atoms with E-state index in [0.717, 1.165) is 24.5 Å². The molecule has 0 amide bonds. The molecular weight excluding hydrogens is 278 g/mol. The first-order valence-electron chi connectivity index (χ1n) is 7.07. The van der Waals surface area contributed by atoms with Crippen molar-refractivity contribution in [1.82, 2.24) is 5.32 Å². The van der Waals surface area contributed by atoms with E-state index < -0.39 is 9.84 Å². The molecule has 6 heteroatoms. The molecule has 5 nitrogen and oxygen atoms in total. The number of hydrogen-bond donors (Lipinski definition) is 1. The van der Waals surface area contributed by atoms with Gasteiger partial charge in [0.25, 0.3) is 0 Å². The van der Waals surface area contributed by atoms with Gasteiger partial charge in [-0.3, -0.25) is 0 Å². The highest BCUT2D eigenvalue weighted by atomic mass is 32.2. The second-order valence-corrected chi connectivity index (χ2v) is 7.56. The first-order chi connectivity index (χ1) is 9.55. The van der Waals surface area contributed by atoms with E-state index in [0.29, 0.717) is 13.0 Å². The van der Waals surface area contributed by atoms with Crippen LogP contribution < -0.4 is 5.32 Å². The zero-order valence-electron chi connectivity index (χ0n) is 12.1. The van der Waals surface area contributed by atoms with E-state index in [1.807, 2.05) is 12.1 Å². The molecule has 0 spiro atoms. The van der Waals surface area contributed by atoms with Crippen LogP contribution >= 0.6 is 0 Å². The van der Waals surface area contributed by atoms with Gasteiger partial charge in [0.05, 0.1) is 17.5 Å². The number of hydrogen-bond acceptors (Lipinski definition) is 5. The molecule has 1 aromatic rings. The molecule has 2 heterocycles. The van der Waals surface area contributed by atoms with Crippen molar-refractivity contribution < 1.29 is 17.6 Å². The normalized spacial score (nSPS) is 23.0. The SMILES string of the molecule is CCCNC(c1ccc(COC)o1)C1CCS(=O)(=O)C1. The number of nitrogens with one attached hydrogen (secondary N) is 1. The fraction of sp³-hybridized carbons (Fsp3) is 0.714. The van der Waals surface area contributed by atoms with Gasteiger partial charge in [-0.1, -0.05) is 6.92 Å². The average molecular weight is 301 g/mol. The maximum absolute atomic E-state index is 11.7. The Labute approximate surface area is 120 Å². The van der Waals surface area contributed by atoms with E-state index >= 15 is 0 Å². The maximum Gasteiger partial charge on any atom is 0.150 e. The number of rotatable bonds is 7. The third kappa shape index (κ3) is 3.84. The minimum absolute atomic E-state index is 0.0298. The quantitative estimate of drug-likeness (QED) is 0.833. The van der Waals surface area contributed by atoms with Gasteiger partial charge in [-0.15, -0.1) is 0 Å². The molecule has 0 radical (unpaired) electrons. The molecule has 20 heavy (non-hydrogen) atoms. The molecule has 0 aromatic carbocycles. The Balaban J connectivity index is 2.14. The van der Waals surface area contributed by atoms with Gasteiger partial charge in [-0.2, -0.15) is 0 Å². The van der Waals surface area contributed by atoms with E-state index in [4.69, 9.17) is 9.15 Å². The molecule has 1 aliphatic rings. The molecule has 1 saturated heterocycles. The Bertz CT molecular complexity index is 523. The van der Waals surface area contributed by atoms with Crippen LogP contribution in [0.25, 0.3) is 0 Å². The molecule has 2 atom stereocenters. The molecule has 114 valence electrons. The van der Waals surface area contributed by atoms with Gasteiger partial charge in [0.2, 0.25) is 0 Å². The summed E-state index contributed by atoms with van der Waals surface area (Å²) in [6.07, 6.45) is 1.70. The van der Waals surface area contributed by atoms with E-state index in [1.165, 1.54) is 0 Å². The van der Waals surface area contributed by atoms with E-state index in [2.05, 4.69) is 12.2 Å². The summed E-state index contributed by atoms with van der Waals surface area (Å²) in [5.74, 6) is 2.20. The van der Waals surface area contributed by atoms with Gasteiger partial charge in [0, 0.05) is 7.11 Å². The zero-order chi connectivity index (χ0) is 14.6. The number of sulfone groups is 1. The van der Waals surface area contributed by atoms with Crippen molar-refractivity contribution in [2.24, 2.45) is 5.92 Å². The van der Waals surface area contributed by atoms with Crippen molar-refractivity contribution in [2.75, 3.05) is 25.2 Å². The third-order valence-corrected chi connectivity index (χ3v) is 5.42. The summed E-state index contributed by atoms with van der Waals surface area (Å²) in [7, 11) is -1.26. The highest BCUT2D eigenvalue weighted by Crippen LogP contribution is 2.32. The van der Waals surface area contributed by atoms with Crippen LogP contribution in [-0.4, -0.2) is 33.6 Å². The Morgan fingerprint density at radius 3 is 2.90 bits per heavy atom. The lowest BCUT2D eigenvalue weighted by Crippen LogP contribution is -2.29. The lowest BCUT2D eigenvalue weighted by Gasteiger charge is -2.21. The fourth-order valence-corrected chi connectivity index (χ4v) is 4.51. The third-order valence-electron chi connectivity index (χ3n) is 3.63. The smallest absolute Gasteiger partial charge is 0.150 e. The van der Waals surface area contributed by atoms with Crippen molar-refractivity contribution in [3.8, 4) is 0 Å². The molecule has 0 bridgehead atoms. The highest BCUT2D eigenvalue weighted by Gasteiger charge is 2.35. The van der Waals surface area contributed by atoms with Crippen LogP contribution in [0.3, 0.4) is 0 Å². The standard InChI is InChI=1S/C14H23NO4S/c1-3-7-15-14(11-6-8-20(16,17)10-11)13-5-4-12(19-13)9-18-2/h4-5,11,14-15H,3,6-10H2,1-2H3. The van der Waals surface area contributed by atoms with Crippen LogP contribution in [-0.2, 0) is 21.2 Å². The zero-order valence-corrected chi connectivity index (χ0v) is 12.9. The fourth-order valence-electron chi connectivity index (χ4n) is 2.67. The number of furan rings is 1. The Morgan fingerprint density at radius 1 is 1.50 bits per heavy atom. The van der Waals surface area contributed by atoms with Gasteiger partial charge in [0.15, 0.2) is 9.84 Å². The summed E-state index contributed by atoms with van der Waals surface area (Å²) in [6, 6.07) is 3.79. The Kier molecular flexibility index (Phi) is 5.23. The van der Waals surface area contributed by atoms with Crippen LogP contribution in [0.5, 0.6) is 0 Å². The predicted molar refractivity (Wildman–Crippen MR) is 77.2 cm³/mol. The second kappa shape index (κ2) is 6.74. The summed E-state index contributed by atoms with van der Waals surface area (Å²) < 4.78 is 34.2. The van der Waals surface area contributed by atoms with Crippen LogP contribution in [0.1, 0.15) is 37.3 Å². The lowest BCUT2D eigenvalue weighted by atomic mass is 9.97. The van der Waals surface area contributed by atoms with Gasteiger partial charge in [-0.25, -0.2) is 8.42 Å². The summed E-state index contributed by atoms with van der Waals surface area (Å²) in [5.41, 5.74) is 0. The van der Waals surface area contributed by atoms with Crippen LogP contribution in [0.15, 0.2) is 16.5 Å². The molecule has 1 fully saturated rings.